The molecule has 0 bridgehead atoms. The normalized spacial score (nSPS) is 14.6. The summed E-state index contributed by atoms with van der Waals surface area (Å²) in [5.41, 5.74) is 4.22. The van der Waals surface area contributed by atoms with Gasteiger partial charge in [0.2, 0.25) is 0 Å². The number of anilines is 2. The molecule has 47 heavy (non-hydrogen) atoms. The number of piperidine rings is 1. The lowest BCUT2D eigenvalue weighted by Crippen LogP contribution is -2.41. The molecular formula is C36H37ClFN5O4. The van der Waals surface area contributed by atoms with Crippen molar-refractivity contribution in [1.82, 2.24) is 19.4 Å². The van der Waals surface area contributed by atoms with Gasteiger partial charge in [-0.15, -0.1) is 0 Å². The van der Waals surface area contributed by atoms with E-state index in [1.807, 2.05) is 54.2 Å². The van der Waals surface area contributed by atoms with E-state index < -0.39 is 6.10 Å². The highest BCUT2D eigenvalue weighted by Crippen LogP contribution is 2.32. The number of esters is 1. The minimum absolute atomic E-state index is 0.0457. The standard InChI is InChI=1S/C36H37ClFN5O4/c1-2-46-36(45)25-10-13-42(14-11-25)20-30(44)21-43-15-12-27(19-43)26-6-8-33-31(17-26)35(40-23-39-33)41-29-7-9-34(32(37)18-29)47-22-24-4-3-5-28(38)16-24/h3-9,12,15-19,23,25,30,44H,2,10-11,13-14,20-22H2,1H3,(H,39,40,41). The zero-order valence-electron chi connectivity index (χ0n) is 26.1. The Morgan fingerprint density at radius 1 is 1.06 bits per heavy atom. The molecule has 1 saturated heterocycles. The molecule has 9 nitrogen and oxygen atoms in total. The Labute approximate surface area is 277 Å². The van der Waals surface area contributed by atoms with Gasteiger partial charge in [-0.2, -0.15) is 0 Å². The molecule has 1 aliphatic heterocycles. The first kappa shape index (κ1) is 32.4. The maximum Gasteiger partial charge on any atom is 0.309 e. The number of hydrogen-bond donors (Lipinski definition) is 2. The van der Waals surface area contributed by atoms with E-state index in [2.05, 4.69) is 20.2 Å². The van der Waals surface area contributed by atoms with Gasteiger partial charge in [0.25, 0.3) is 0 Å². The van der Waals surface area contributed by atoms with Crippen molar-refractivity contribution in [2.75, 3.05) is 31.6 Å². The molecule has 0 aliphatic carbocycles. The quantitative estimate of drug-likeness (QED) is 0.141. The largest absolute Gasteiger partial charge is 0.487 e. The highest BCUT2D eigenvalue weighted by molar-refractivity contribution is 6.32. The second-order valence-corrected chi connectivity index (χ2v) is 12.1. The zero-order chi connectivity index (χ0) is 32.8. The number of aliphatic hydroxyl groups is 1. The van der Waals surface area contributed by atoms with Crippen LogP contribution in [0.2, 0.25) is 5.02 Å². The Morgan fingerprint density at radius 3 is 2.70 bits per heavy atom. The highest BCUT2D eigenvalue weighted by atomic mass is 35.5. The van der Waals surface area contributed by atoms with Gasteiger partial charge in [0.15, 0.2) is 0 Å². The Morgan fingerprint density at radius 2 is 1.91 bits per heavy atom. The van der Waals surface area contributed by atoms with Gasteiger partial charge in [0.1, 0.15) is 30.3 Å². The summed E-state index contributed by atoms with van der Waals surface area (Å²) >= 11 is 6.53. The van der Waals surface area contributed by atoms with Crippen LogP contribution in [0.1, 0.15) is 25.3 Å². The lowest BCUT2D eigenvalue weighted by Gasteiger charge is -2.32. The molecule has 2 aromatic heterocycles. The average Bonchev–Trinajstić information content (AvgIpc) is 3.53. The minimum atomic E-state index is -0.542. The molecule has 6 rings (SSSR count). The molecule has 2 N–H and O–H groups in total. The highest BCUT2D eigenvalue weighted by Gasteiger charge is 2.27. The predicted molar refractivity (Wildman–Crippen MR) is 180 cm³/mol. The number of ether oxygens (including phenoxy) is 2. The number of halogens is 2. The van der Waals surface area contributed by atoms with Crippen LogP contribution in [0.15, 0.2) is 85.5 Å². The van der Waals surface area contributed by atoms with E-state index in [4.69, 9.17) is 21.1 Å². The molecule has 1 unspecified atom stereocenters. The summed E-state index contributed by atoms with van der Waals surface area (Å²) in [4.78, 5) is 23.2. The molecule has 3 aromatic carbocycles. The van der Waals surface area contributed by atoms with E-state index in [1.54, 1.807) is 24.3 Å². The predicted octanol–water partition coefficient (Wildman–Crippen LogP) is 6.85. The van der Waals surface area contributed by atoms with Gasteiger partial charge in [-0.05, 0) is 98.1 Å². The van der Waals surface area contributed by atoms with Crippen LogP contribution in [-0.2, 0) is 22.7 Å². The van der Waals surface area contributed by atoms with Crippen LogP contribution in [0.4, 0.5) is 15.9 Å². The molecule has 1 atom stereocenters. The number of nitrogens with zero attached hydrogens (tertiary/aromatic N) is 4. The van der Waals surface area contributed by atoms with E-state index in [9.17, 15) is 14.3 Å². The van der Waals surface area contributed by atoms with Crippen molar-refractivity contribution in [2.24, 2.45) is 5.92 Å². The van der Waals surface area contributed by atoms with Gasteiger partial charge in [-0.3, -0.25) is 4.79 Å². The SMILES string of the molecule is CCOC(=O)C1CCN(CC(O)Cn2ccc(-c3ccc4ncnc(Nc5ccc(OCc6cccc(F)c6)c(Cl)c5)c4c3)c2)CC1. The van der Waals surface area contributed by atoms with E-state index >= 15 is 0 Å². The third kappa shape index (κ3) is 8.26. The average molecular weight is 658 g/mol. The topological polar surface area (TPSA) is 102 Å². The molecule has 5 aromatic rings. The Bertz CT molecular complexity index is 1840. The Hall–Kier alpha value is -4.51. The van der Waals surface area contributed by atoms with Crippen molar-refractivity contribution in [2.45, 2.75) is 39.0 Å². The second-order valence-electron chi connectivity index (χ2n) is 11.7. The van der Waals surface area contributed by atoms with E-state index in [0.29, 0.717) is 41.8 Å². The van der Waals surface area contributed by atoms with Crippen LogP contribution in [0, 0.1) is 11.7 Å². The van der Waals surface area contributed by atoms with Crippen LogP contribution in [0.25, 0.3) is 22.0 Å². The maximum atomic E-state index is 13.5. The number of fused-ring (bicyclic) bond motifs is 1. The van der Waals surface area contributed by atoms with Crippen LogP contribution >= 0.6 is 11.6 Å². The summed E-state index contributed by atoms with van der Waals surface area (Å²) < 4.78 is 26.5. The van der Waals surface area contributed by atoms with Crippen LogP contribution in [-0.4, -0.2) is 62.9 Å². The van der Waals surface area contributed by atoms with Crippen molar-refractivity contribution in [3.05, 3.63) is 102 Å². The summed E-state index contributed by atoms with van der Waals surface area (Å²) in [6, 6.07) is 19.7. The summed E-state index contributed by atoms with van der Waals surface area (Å²) in [6.45, 7) is 4.99. The Balaban J connectivity index is 1.08. The molecule has 0 amide bonds. The van der Waals surface area contributed by atoms with Gasteiger partial charge in [-0.25, -0.2) is 14.4 Å². The smallest absolute Gasteiger partial charge is 0.309 e. The van der Waals surface area contributed by atoms with Gasteiger partial charge >= 0.3 is 5.97 Å². The van der Waals surface area contributed by atoms with Gasteiger partial charge < -0.3 is 29.4 Å². The second kappa shape index (κ2) is 14.9. The first-order chi connectivity index (χ1) is 22.8. The Kier molecular flexibility index (Phi) is 10.3. The van der Waals surface area contributed by atoms with Crippen LogP contribution in [0.3, 0.4) is 0 Å². The van der Waals surface area contributed by atoms with Gasteiger partial charge in [0, 0.05) is 36.6 Å². The number of carbonyl (C=O) groups excluding carboxylic acids is 1. The molecule has 0 spiro atoms. The number of aromatic nitrogens is 3. The fourth-order valence-corrected chi connectivity index (χ4v) is 6.13. The summed E-state index contributed by atoms with van der Waals surface area (Å²) in [5.74, 6) is 0.646. The number of likely N-dealkylation sites (tertiary alicyclic amines) is 1. The van der Waals surface area contributed by atoms with Crippen LogP contribution in [0.5, 0.6) is 5.75 Å². The summed E-state index contributed by atoms with van der Waals surface area (Å²) in [5, 5.41) is 15.4. The van der Waals surface area contributed by atoms with Crippen molar-refractivity contribution in [3.8, 4) is 16.9 Å². The minimum Gasteiger partial charge on any atom is -0.487 e. The molecular weight excluding hydrogens is 621 g/mol. The fraction of sp³-hybridized carbons (Fsp3) is 0.306. The molecule has 244 valence electrons. The number of aliphatic hydroxyl groups excluding tert-OH is 1. The summed E-state index contributed by atoms with van der Waals surface area (Å²) in [6.07, 6.45) is 6.48. The summed E-state index contributed by atoms with van der Waals surface area (Å²) in [7, 11) is 0. The third-order valence-corrected chi connectivity index (χ3v) is 8.59. The van der Waals surface area contributed by atoms with Crippen molar-refractivity contribution >= 4 is 40.0 Å². The third-order valence-electron chi connectivity index (χ3n) is 8.30. The lowest BCUT2D eigenvalue weighted by atomic mass is 9.97. The number of carbonyl (C=O) groups is 1. The van der Waals surface area contributed by atoms with Crippen molar-refractivity contribution in [1.29, 1.82) is 0 Å². The molecule has 1 fully saturated rings. The zero-order valence-corrected chi connectivity index (χ0v) is 26.9. The molecule has 3 heterocycles. The van der Waals surface area contributed by atoms with Crippen molar-refractivity contribution < 1.29 is 23.8 Å². The fourth-order valence-electron chi connectivity index (χ4n) is 5.89. The monoisotopic (exact) mass is 657 g/mol. The first-order valence-corrected chi connectivity index (χ1v) is 16.1. The number of β-amino-alcohol motifs (C(OH)–C–C–N with tert-alkyl or cyclic N) is 1. The number of nitrogens with one attached hydrogen (secondary N) is 1. The number of hydrogen-bond acceptors (Lipinski definition) is 8. The van der Waals surface area contributed by atoms with Crippen molar-refractivity contribution in [3.63, 3.8) is 0 Å². The molecule has 1 aliphatic rings. The van der Waals surface area contributed by atoms with E-state index in [0.717, 1.165) is 53.6 Å². The molecule has 0 saturated carbocycles. The van der Waals surface area contributed by atoms with E-state index in [1.165, 1.54) is 18.5 Å². The number of rotatable bonds is 12. The van der Waals surface area contributed by atoms with Crippen LogP contribution < -0.4 is 10.1 Å². The van der Waals surface area contributed by atoms with E-state index in [-0.39, 0.29) is 24.3 Å². The van der Waals surface area contributed by atoms with Gasteiger partial charge in [-0.1, -0.05) is 29.8 Å². The van der Waals surface area contributed by atoms with Gasteiger partial charge in [0.05, 0.1) is 29.2 Å². The maximum absolute atomic E-state index is 13.5. The lowest BCUT2D eigenvalue weighted by molar-refractivity contribution is -0.149. The molecule has 0 radical (unpaired) electrons. The number of benzene rings is 3. The molecule has 11 heteroatoms. The first-order valence-electron chi connectivity index (χ1n) is 15.8.